The van der Waals surface area contributed by atoms with E-state index in [0.717, 1.165) is 42.7 Å². The molecule has 1 aliphatic rings. The molecule has 0 spiro atoms. The number of aromatic nitrogens is 3. The second kappa shape index (κ2) is 12.9. The van der Waals surface area contributed by atoms with Crippen molar-refractivity contribution in [1.29, 1.82) is 0 Å². The highest BCUT2D eigenvalue weighted by Gasteiger charge is 2.17. The topological polar surface area (TPSA) is 96.8 Å². The summed E-state index contributed by atoms with van der Waals surface area (Å²) in [5.74, 6) is 2.73. The maximum atomic E-state index is 6.00. The highest BCUT2D eigenvalue weighted by Crippen LogP contribution is 2.29. The van der Waals surface area contributed by atoms with Crippen molar-refractivity contribution in [2.24, 2.45) is 5.10 Å². The molecule has 5 rings (SSSR count). The monoisotopic (exact) mass is 543 g/mol. The first-order chi connectivity index (χ1) is 19.2. The van der Waals surface area contributed by atoms with Gasteiger partial charge in [0.2, 0.25) is 17.8 Å². The Morgan fingerprint density at radius 3 is 2.44 bits per heavy atom. The summed E-state index contributed by atoms with van der Waals surface area (Å²) in [6.07, 6.45) is 3.93. The fourth-order valence-corrected chi connectivity index (χ4v) is 4.20. The van der Waals surface area contributed by atoms with Crippen molar-refractivity contribution < 1.29 is 9.47 Å². The van der Waals surface area contributed by atoms with Gasteiger partial charge < -0.3 is 19.7 Å². The van der Waals surface area contributed by atoms with Gasteiger partial charge in [-0.15, -0.1) is 0 Å². The van der Waals surface area contributed by atoms with E-state index in [2.05, 4.69) is 35.7 Å². The van der Waals surface area contributed by atoms with E-state index in [1.54, 1.807) is 6.21 Å². The first-order valence-corrected chi connectivity index (χ1v) is 13.3. The third-order valence-electron chi connectivity index (χ3n) is 6.00. The van der Waals surface area contributed by atoms with Crippen molar-refractivity contribution in [1.82, 2.24) is 15.0 Å². The zero-order chi connectivity index (χ0) is 26.9. The van der Waals surface area contributed by atoms with Crippen LogP contribution in [-0.4, -0.2) is 40.9 Å². The van der Waals surface area contributed by atoms with Crippen LogP contribution in [-0.2, 0) is 6.61 Å². The number of nitrogens with one attached hydrogen (secondary N) is 2. The Kier molecular flexibility index (Phi) is 8.70. The third kappa shape index (κ3) is 7.36. The average molecular weight is 544 g/mol. The maximum absolute atomic E-state index is 6.00. The molecule has 4 aromatic rings. The number of hydrazone groups is 1. The van der Waals surface area contributed by atoms with Crippen LogP contribution >= 0.6 is 11.6 Å². The molecule has 200 valence electrons. The summed E-state index contributed by atoms with van der Waals surface area (Å²) in [7, 11) is 0. The minimum absolute atomic E-state index is 0.356. The molecule has 10 heteroatoms. The van der Waals surface area contributed by atoms with E-state index in [-0.39, 0.29) is 0 Å². The second-order valence-corrected chi connectivity index (χ2v) is 9.33. The van der Waals surface area contributed by atoms with Gasteiger partial charge in [0.25, 0.3) is 0 Å². The predicted molar refractivity (Wildman–Crippen MR) is 156 cm³/mol. The number of rotatable bonds is 11. The quantitative estimate of drug-likeness (QED) is 0.168. The SMILES string of the molecule is CCOc1cc(/C=N\Nc2nc(Nc3ccccc3)nc(N3CCCC3)n2)ccc1OCc1ccc(Cl)cc1. The number of halogens is 1. The molecule has 0 radical (unpaired) electrons. The molecule has 0 aliphatic carbocycles. The van der Waals surface area contributed by atoms with Crippen LogP contribution in [0.4, 0.5) is 23.5 Å². The standard InChI is InChI=1S/C29H30ClN7O2/c1-2-38-26-18-22(12-15-25(26)39-20-21-10-13-23(30)14-11-21)19-31-36-28-33-27(32-24-8-4-3-5-9-24)34-29(35-28)37-16-6-7-17-37/h3-5,8-15,18-19H,2,6-7,16-17,20H2,1H3,(H2,32,33,34,35,36)/b31-19-. The average Bonchev–Trinajstić information content (AvgIpc) is 3.50. The fraction of sp³-hybridized carbons (Fsp3) is 0.241. The Morgan fingerprint density at radius 2 is 1.67 bits per heavy atom. The molecule has 1 aliphatic heterocycles. The molecule has 0 bridgehead atoms. The zero-order valence-corrected chi connectivity index (χ0v) is 22.4. The van der Waals surface area contributed by atoms with E-state index in [1.807, 2.05) is 79.7 Å². The summed E-state index contributed by atoms with van der Waals surface area (Å²) in [6, 6.07) is 23.0. The molecular weight excluding hydrogens is 514 g/mol. The van der Waals surface area contributed by atoms with Gasteiger partial charge in [-0.25, -0.2) is 5.43 Å². The number of benzene rings is 3. The number of ether oxygens (including phenoxy) is 2. The highest BCUT2D eigenvalue weighted by molar-refractivity contribution is 6.30. The molecule has 1 saturated heterocycles. The van der Waals surface area contributed by atoms with Crippen molar-refractivity contribution in [3.05, 3.63) is 88.9 Å². The van der Waals surface area contributed by atoms with E-state index >= 15 is 0 Å². The second-order valence-electron chi connectivity index (χ2n) is 8.89. The molecule has 9 nitrogen and oxygen atoms in total. The number of hydrogen-bond donors (Lipinski definition) is 2. The van der Waals surface area contributed by atoms with Crippen molar-refractivity contribution >= 4 is 41.3 Å². The number of hydrogen-bond acceptors (Lipinski definition) is 9. The summed E-state index contributed by atoms with van der Waals surface area (Å²) in [6.45, 7) is 4.70. The first kappa shape index (κ1) is 26.2. The number of para-hydroxylation sites is 1. The van der Waals surface area contributed by atoms with E-state index < -0.39 is 0 Å². The largest absolute Gasteiger partial charge is 0.490 e. The lowest BCUT2D eigenvalue weighted by atomic mass is 10.2. The molecule has 1 aromatic heterocycles. The van der Waals surface area contributed by atoms with Crippen LogP contribution in [0.5, 0.6) is 11.5 Å². The van der Waals surface area contributed by atoms with Crippen molar-refractivity contribution in [2.45, 2.75) is 26.4 Å². The molecule has 2 heterocycles. The molecule has 0 saturated carbocycles. The predicted octanol–water partition coefficient (Wildman–Crippen LogP) is 6.29. The highest BCUT2D eigenvalue weighted by atomic mass is 35.5. The van der Waals surface area contributed by atoms with Crippen LogP contribution < -0.4 is 25.1 Å². The smallest absolute Gasteiger partial charge is 0.250 e. The van der Waals surface area contributed by atoms with Crippen molar-refractivity contribution in [2.75, 3.05) is 35.3 Å². The van der Waals surface area contributed by atoms with Crippen LogP contribution in [0.25, 0.3) is 0 Å². The summed E-state index contributed by atoms with van der Waals surface area (Å²) in [4.78, 5) is 15.9. The van der Waals surface area contributed by atoms with Gasteiger partial charge in [-0.3, -0.25) is 0 Å². The minimum Gasteiger partial charge on any atom is -0.490 e. The van der Waals surface area contributed by atoms with Crippen LogP contribution in [0.3, 0.4) is 0 Å². The Morgan fingerprint density at radius 1 is 0.897 bits per heavy atom. The molecular formula is C29H30ClN7O2. The Bertz CT molecular complexity index is 1390. The molecule has 0 unspecified atom stereocenters. The summed E-state index contributed by atoms with van der Waals surface area (Å²) in [5.41, 5.74) is 5.71. The summed E-state index contributed by atoms with van der Waals surface area (Å²) >= 11 is 5.98. The lowest BCUT2D eigenvalue weighted by Crippen LogP contribution is -2.21. The molecule has 3 aromatic carbocycles. The van der Waals surface area contributed by atoms with E-state index in [0.29, 0.717) is 47.6 Å². The normalized spacial score (nSPS) is 13.0. The zero-order valence-electron chi connectivity index (χ0n) is 21.7. The van der Waals surface area contributed by atoms with Crippen molar-refractivity contribution in [3.63, 3.8) is 0 Å². The van der Waals surface area contributed by atoms with Gasteiger partial charge in [-0.05, 0) is 73.4 Å². The van der Waals surface area contributed by atoms with Gasteiger partial charge in [0.05, 0.1) is 12.8 Å². The van der Waals surface area contributed by atoms with E-state index in [1.165, 1.54) is 0 Å². The van der Waals surface area contributed by atoms with Crippen LogP contribution in [0.2, 0.25) is 5.02 Å². The molecule has 39 heavy (non-hydrogen) atoms. The van der Waals surface area contributed by atoms with Gasteiger partial charge >= 0.3 is 0 Å². The number of nitrogens with zero attached hydrogens (tertiary/aromatic N) is 5. The van der Waals surface area contributed by atoms with Crippen molar-refractivity contribution in [3.8, 4) is 11.5 Å². The minimum atomic E-state index is 0.356. The Labute approximate surface area is 232 Å². The lowest BCUT2D eigenvalue weighted by Gasteiger charge is -2.16. The molecule has 1 fully saturated rings. The van der Waals surface area contributed by atoms with Gasteiger partial charge in [0, 0.05) is 23.8 Å². The molecule has 0 amide bonds. The number of anilines is 4. The third-order valence-corrected chi connectivity index (χ3v) is 6.25. The van der Waals surface area contributed by atoms with Gasteiger partial charge in [0.15, 0.2) is 11.5 Å². The van der Waals surface area contributed by atoms with Crippen LogP contribution in [0, 0.1) is 0 Å². The first-order valence-electron chi connectivity index (χ1n) is 12.9. The maximum Gasteiger partial charge on any atom is 0.250 e. The Balaban J connectivity index is 1.29. The fourth-order valence-electron chi connectivity index (χ4n) is 4.08. The molecule has 0 atom stereocenters. The summed E-state index contributed by atoms with van der Waals surface area (Å²) < 4.78 is 11.8. The van der Waals surface area contributed by atoms with Crippen LogP contribution in [0.1, 0.15) is 30.9 Å². The lowest BCUT2D eigenvalue weighted by molar-refractivity contribution is 0.269. The van der Waals surface area contributed by atoms with E-state index in [9.17, 15) is 0 Å². The summed E-state index contributed by atoms with van der Waals surface area (Å²) in [5, 5.41) is 8.32. The van der Waals surface area contributed by atoms with Crippen LogP contribution in [0.15, 0.2) is 77.9 Å². The van der Waals surface area contributed by atoms with Gasteiger partial charge in [0.1, 0.15) is 6.61 Å². The van der Waals surface area contributed by atoms with E-state index in [4.69, 9.17) is 21.1 Å². The van der Waals surface area contributed by atoms with Gasteiger partial charge in [-0.1, -0.05) is 41.9 Å². The van der Waals surface area contributed by atoms with Gasteiger partial charge in [-0.2, -0.15) is 20.1 Å². The Hall–Kier alpha value is -4.37. The molecule has 2 N–H and O–H groups in total.